The molecule has 0 aliphatic heterocycles. The summed E-state index contributed by atoms with van der Waals surface area (Å²) in [4.78, 5) is 8.37. The van der Waals surface area contributed by atoms with Crippen LogP contribution in [0.25, 0.3) is 0 Å². The highest BCUT2D eigenvalue weighted by molar-refractivity contribution is 9.10. The van der Waals surface area contributed by atoms with E-state index in [1.54, 1.807) is 18.5 Å². The molecule has 0 fully saturated rings. The van der Waals surface area contributed by atoms with E-state index in [0.717, 1.165) is 10.0 Å². The number of nitrogens with two attached hydrogens (primary N) is 1. The van der Waals surface area contributed by atoms with Gasteiger partial charge in [0.05, 0.1) is 13.2 Å². The van der Waals surface area contributed by atoms with E-state index in [-0.39, 0.29) is 0 Å². The lowest BCUT2D eigenvalue weighted by molar-refractivity contribution is 0.383. The number of hydrazine groups is 1. The molecule has 3 N–H and O–H groups in total. The van der Waals surface area contributed by atoms with E-state index < -0.39 is 6.04 Å². The molecule has 100 valence electrons. The van der Waals surface area contributed by atoms with Crippen LogP contribution >= 0.6 is 27.5 Å². The van der Waals surface area contributed by atoms with Gasteiger partial charge in [-0.3, -0.25) is 10.8 Å². The Balaban J connectivity index is 2.50. The van der Waals surface area contributed by atoms with Crippen molar-refractivity contribution in [2.75, 3.05) is 7.11 Å². The molecule has 0 aliphatic rings. The van der Waals surface area contributed by atoms with E-state index in [1.807, 2.05) is 12.1 Å². The summed E-state index contributed by atoms with van der Waals surface area (Å²) >= 11 is 9.60. The number of rotatable bonds is 4. The van der Waals surface area contributed by atoms with Crippen LogP contribution in [0.15, 0.2) is 35.1 Å². The van der Waals surface area contributed by atoms with Crippen LogP contribution in [0.5, 0.6) is 5.88 Å². The fourth-order valence-electron chi connectivity index (χ4n) is 1.74. The Morgan fingerprint density at radius 3 is 2.74 bits per heavy atom. The maximum Gasteiger partial charge on any atom is 0.237 e. The zero-order chi connectivity index (χ0) is 13.8. The van der Waals surface area contributed by atoms with Crippen LogP contribution < -0.4 is 16.0 Å². The minimum Gasteiger partial charge on any atom is -0.480 e. The minimum absolute atomic E-state index is 0.399. The summed E-state index contributed by atoms with van der Waals surface area (Å²) < 4.78 is 6.08. The van der Waals surface area contributed by atoms with Crippen molar-refractivity contribution in [3.63, 3.8) is 0 Å². The molecule has 0 radical (unpaired) electrons. The van der Waals surface area contributed by atoms with Gasteiger partial charge in [0.25, 0.3) is 0 Å². The molecule has 1 heterocycles. The van der Waals surface area contributed by atoms with Crippen LogP contribution in [0.3, 0.4) is 0 Å². The molecule has 0 saturated heterocycles. The molecule has 1 aromatic carbocycles. The lowest BCUT2D eigenvalue weighted by Gasteiger charge is -2.18. The first-order valence-electron chi connectivity index (χ1n) is 5.43. The molecule has 19 heavy (non-hydrogen) atoms. The van der Waals surface area contributed by atoms with Crippen molar-refractivity contribution in [1.29, 1.82) is 0 Å². The average Bonchev–Trinajstić information content (AvgIpc) is 2.42. The molecule has 1 aromatic heterocycles. The van der Waals surface area contributed by atoms with Crippen LogP contribution in [0.1, 0.15) is 17.3 Å². The quantitative estimate of drug-likeness (QED) is 0.659. The Morgan fingerprint density at radius 1 is 1.37 bits per heavy atom. The van der Waals surface area contributed by atoms with Gasteiger partial charge in [0.2, 0.25) is 5.88 Å². The molecule has 0 saturated carbocycles. The Labute approximate surface area is 124 Å². The van der Waals surface area contributed by atoms with Gasteiger partial charge in [0.15, 0.2) is 0 Å². The Bertz CT molecular complexity index is 581. The number of hydrogen-bond acceptors (Lipinski definition) is 5. The maximum atomic E-state index is 6.23. The number of methoxy groups -OCH3 is 1. The van der Waals surface area contributed by atoms with E-state index in [0.29, 0.717) is 16.6 Å². The molecule has 0 aliphatic carbocycles. The fraction of sp³-hybridized carbons (Fsp3) is 0.167. The topological polar surface area (TPSA) is 73.1 Å². The summed E-state index contributed by atoms with van der Waals surface area (Å²) in [5.74, 6) is 6.03. The predicted molar refractivity (Wildman–Crippen MR) is 76.9 cm³/mol. The van der Waals surface area contributed by atoms with Gasteiger partial charge in [-0.05, 0) is 17.7 Å². The van der Waals surface area contributed by atoms with Gasteiger partial charge in [-0.2, -0.15) is 0 Å². The maximum absolute atomic E-state index is 6.23. The van der Waals surface area contributed by atoms with E-state index in [4.69, 9.17) is 22.2 Å². The second kappa shape index (κ2) is 6.29. The summed E-state index contributed by atoms with van der Waals surface area (Å²) in [6, 6.07) is 5.15. The monoisotopic (exact) mass is 342 g/mol. The van der Waals surface area contributed by atoms with Crippen molar-refractivity contribution in [2.45, 2.75) is 6.04 Å². The first-order chi connectivity index (χ1) is 9.17. The minimum atomic E-state index is -0.399. The van der Waals surface area contributed by atoms with Crippen molar-refractivity contribution in [2.24, 2.45) is 5.84 Å². The molecule has 2 aromatic rings. The number of hydrogen-bond donors (Lipinski definition) is 2. The summed E-state index contributed by atoms with van der Waals surface area (Å²) in [6.45, 7) is 0. The third kappa shape index (κ3) is 3.03. The molecule has 0 spiro atoms. The number of nitrogens with zero attached hydrogens (tertiary/aromatic N) is 2. The van der Waals surface area contributed by atoms with Crippen LogP contribution in [-0.2, 0) is 0 Å². The van der Waals surface area contributed by atoms with E-state index >= 15 is 0 Å². The highest BCUT2D eigenvalue weighted by atomic mass is 79.9. The van der Waals surface area contributed by atoms with Gasteiger partial charge in [0, 0.05) is 21.9 Å². The van der Waals surface area contributed by atoms with Gasteiger partial charge >= 0.3 is 0 Å². The molecular formula is C12H12BrClN4O. The molecule has 0 bridgehead atoms. The van der Waals surface area contributed by atoms with E-state index in [9.17, 15) is 0 Å². The Morgan fingerprint density at radius 2 is 2.11 bits per heavy atom. The normalized spacial score (nSPS) is 12.2. The predicted octanol–water partition coefficient (Wildman–Crippen LogP) is 2.45. The third-order valence-electron chi connectivity index (χ3n) is 2.60. The highest BCUT2D eigenvalue weighted by Gasteiger charge is 2.21. The lowest BCUT2D eigenvalue weighted by Crippen LogP contribution is -2.30. The van der Waals surface area contributed by atoms with Crippen molar-refractivity contribution < 1.29 is 4.74 Å². The zero-order valence-electron chi connectivity index (χ0n) is 10.1. The number of nitrogens with one attached hydrogen (secondary N) is 1. The first kappa shape index (κ1) is 14.2. The third-order valence-corrected chi connectivity index (χ3v) is 3.42. The average molecular weight is 344 g/mol. The van der Waals surface area contributed by atoms with Crippen molar-refractivity contribution in [3.8, 4) is 5.88 Å². The van der Waals surface area contributed by atoms with E-state index in [1.165, 1.54) is 7.11 Å². The Hall–Kier alpha value is -1.21. The summed E-state index contributed by atoms with van der Waals surface area (Å²) in [6.07, 6.45) is 3.13. The van der Waals surface area contributed by atoms with Crippen LogP contribution in [0, 0.1) is 0 Å². The zero-order valence-corrected chi connectivity index (χ0v) is 12.4. The second-order valence-electron chi connectivity index (χ2n) is 3.72. The van der Waals surface area contributed by atoms with Crippen LogP contribution in [0.2, 0.25) is 5.02 Å². The summed E-state index contributed by atoms with van der Waals surface area (Å²) in [5.41, 5.74) is 4.07. The number of ether oxygens (including phenoxy) is 1. The molecular weight excluding hydrogens is 332 g/mol. The van der Waals surface area contributed by atoms with E-state index in [2.05, 4.69) is 31.3 Å². The van der Waals surface area contributed by atoms with Gasteiger partial charge in [-0.1, -0.05) is 33.6 Å². The van der Waals surface area contributed by atoms with Gasteiger partial charge in [0.1, 0.15) is 5.69 Å². The molecule has 7 heteroatoms. The SMILES string of the molecule is COc1nccnc1C(NN)c1ccc(Br)cc1Cl. The van der Waals surface area contributed by atoms with Crippen molar-refractivity contribution >= 4 is 27.5 Å². The van der Waals surface area contributed by atoms with Gasteiger partial charge in [-0.15, -0.1) is 0 Å². The standard InChI is InChI=1S/C12H12BrClN4O/c1-19-12-11(16-4-5-17-12)10(18-15)8-3-2-7(13)6-9(8)14/h2-6,10,18H,15H2,1H3. The van der Waals surface area contributed by atoms with Gasteiger partial charge in [-0.25, -0.2) is 10.4 Å². The molecule has 2 rings (SSSR count). The van der Waals surface area contributed by atoms with Crippen LogP contribution in [0.4, 0.5) is 0 Å². The summed E-state index contributed by atoms with van der Waals surface area (Å²) in [5, 5.41) is 0.574. The van der Waals surface area contributed by atoms with Crippen molar-refractivity contribution in [3.05, 3.63) is 51.3 Å². The number of halogens is 2. The fourth-order valence-corrected chi connectivity index (χ4v) is 2.53. The number of benzene rings is 1. The largest absolute Gasteiger partial charge is 0.480 e. The molecule has 1 unspecified atom stereocenters. The number of aromatic nitrogens is 2. The van der Waals surface area contributed by atoms with Crippen LogP contribution in [-0.4, -0.2) is 17.1 Å². The Kier molecular flexibility index (Phi) is 4.71. The molecule has 1 atom stereocenters. The molecule has 5 nitrogen and oxygen atoms in total. The first-order valence-corrected chi connectivity index (χ1v) is 6.60. The van der Waals surface area contributed by atoms with Crippen molar-refractivity contribution in [1.82, 2.24) is 15.4 Å². The second-order valence-corrected chi connectivity index (χ2v) is 5.04. The summed E-state index contributed by atoms with van der Waals surface area (Å²) in [7, 11) is 1.53. The smallest absolute Gasteiger partial charge is 0.237 e. The highest BCUT2D eigenvalue weighted by Crippen LogP contribution is 2.32. The lowest BCUT2D eigenvalue weighted by atomic mass is 10.0. The van der Waals surface area contributed by atoms with Gasteiger partial charge < -0.3 is 4.74 Å². The molecule has 0 amide bonds.